The first-order chi connectivity index (χ1) is 8.19. The molecule has 0 unspecified atom stereocenters. The summed E-state index contributed by atoms with van der Waals surface area (Å²) in [6.07, 6.45) is 2.66. The molecule has 0 bridgehead atoms. The van der Waals surface area contributed by atoms with Crippen LogP contribution in [0.3, 0.4) is 0 Å². The van der Waals surface area contributed by atoms with E-state index in [0.717, 1.165) is 12.1 Å². The van der Waals surface area contributed by atoms with Gasteiger partial charge < -0.3 is 4.74 Å². The summed E-state index contributed by atoms with van der Waals surface area (Å²) < 4.78 is 5.67. The number of nitrogens with zero attached hydrogens (tertiary/aromatic N) is 1. The molecule has 0 aliphatic heterocycles. The van der Waals surface area contributed by atoms with Crippen LogP contribution in [0, 0.1) is 6.92 Å². The van der Waals surface area contributed by atoms with Crippen LogP contribution in [0.15, 0.2) is 36.5 Å². The monoisotopic (exact) mass is 247 g/mol. The van der Waals surface area contributed by atoms with Crippen LogP contribution in [0.2, 0.25) is 5.02 Å². The molecule has 0 fully saturated rings. The number of hydrogen-bond acceptors (Lipinski definition) is 2. The standard InChI is InChI=1S/C14H14ClNO/c1-3-11-5-7-14(13(15)8-11)17-12-6-4-10(2)16-9-12/h4-9H,3H2,1-2H3. The van der Waals surface area contributed by atoms with Crippen molar-refractivity contribution in [1.82, 2.24) is 4.98 Å². The van der Waals surface area contributed by atoms with Crippen molar-refractivity contribution < 1.29 is 4.74 Å². The second-order valence-electron chi connectivity index (χ2n) is 3.86. The molecule has 0 N–H and O–H groups in total. The van der Waals surface area contributed by atoms with E-state index in [1.165, 1.54) is 5.56 Å². The van der Waals surface area contributed by atoms with Crippen molar-refractivity contribution >= 4 is 11.6 Å². The number of hydrogen-bond donors (Lipinski definition) is 0. The molecule has 3 heteroatoms. The highest BCUT2D eigenvalue weighted by atomic mass is 35.5. The summed E-state index contributed by atoms with van der Waals surface area (Å²) in [5.74, 6) is 1.36. The number of pyridine rings is 1. The molecule has 1 aromatic carbocycles. The fraction of sp³-hybridized carbons (Fsp3) is 0.214. The van der Waals surface area contributed by atoms with Crippen LogP contribution in [-0.2, 0) is 6.42 Å². The van der Waals surface area contributed by atoms with E-state index >= 15 is 0 Å². The van der Waals surface area contributed by atoms with Gasteiger partial charge in [0, 0.05) is 5.69 Å². The quantitative estimate of drug-likeness (QED) is 0.802. The van der Waals surface area contributed by atoms with Gasteiger partial charge in [-0.05, 0) is 43.2 Å². The summed E-state index contributed by atoms with van der Waals surface area (Å²) in [5.41, 5.74) is 2.16. The van der Waals surface area contributed by atoms with Gasteiger partial charge in [-0.2, -0.15) is 0 Å². The van der Waals surface area contributed by atoms with Gasteiger partial charge in [0.15, 0.2) is 0 Å². The van der Waals surface area contributed by atoms with E-state index in [1.807, 2.05) is 37.3 Å². The minimum atomic E-state index is 0.630. The van der Waals surface area contributed by atoms with Crippen LogP contribution in [-0.4, -0.2) is 4.98 Å². The lowest BCUT2D eigenvalue weighted by Gasteiger charge is -2.08. The topological polar surface area (TPSA) is 22.1 Å². The lowest BCUT2D eigenvalue weighted by atomic mass is 10.2. The molecule has 1 aromatic heterocycles. The van der Waals surface area contributed by atoms with E-state index in [9.17, 15) is 0 Å². The van der Waals surface area contributed by atoms with E-state index < -0.39 is 0 Å². The molecule has 0 spiro atoms. The molecule has 2 aromatic rings. The summed E-state index contributed by atoms with van der Waals surface area (Å²) in [5, 5.41) is 0.630. The Morgan fingerprint density at radius 1 is 1.24 bits per heavy atom. The number of aromatic nitrogens is 1. The molecule has 88 valence electrons. The van der Waals surface area contributed by atoms with Crippen LogP contribution < -0.4 is 4.74 Å². The first-order valence-electron chi connectivity index (χ1n) is 5.58. The summed E-state index contributed by atoms with van der Waals surface area (Å²) in [7, 11) is 0. The zero-order valence-corrected chi connectivity index (χ0v) is 10.7. The molecular formula is C14H14ClNO. The van der Waals surface area contributed by atoms with E-state index in [1.54, 1.807) is 6.20 Å². The highest BCUT2D eigenvalue weighted by Gasteiger charge is 2.04. The predicted molar refractivity (Wildman–Crippen MR) is 69.9 cm³/mol. The van der Waals surface area contributed by atoms with E-state index in [-0.39, 0.29) is 0 Å². The average molecular weight is 248 g/mol. The van der Waals surface area contributed by atoms with Crippen LogP contribution >= 0.6 is 11.6 Å². The fourth-order valence-electron chi connectivity index (χ4n) is 1.49. The minimum absolute atomic E-state index is 0.630. The molecule has 2 rings (SSSR count). The Morgan fingerprint density at radius 2 is 2.06 bits per heavy atom. The van der Waals surface area contributed by atoms with Crippen molar-refractivity contribution in [2.75, 3.05) is 0 Å². The maximum atomic E-state index is 6.14. The summed E-state index contributed by atoms with van der Waals surface area (Å²) in [6, 6.07) is 9.62. The molecular weight excluding hydrogens is 234 g/mol. The zero-order chi connectivity index (χ0) is 12.3. The van der Waals surface area contributed by atoms with E-state index in [2.05, 4.69) is 11.9 Å². The molecule has 1 heterocycles. The molecule has 0 aliphatic carbocycles. The highest BCUT2D eigenvalue weighted by molar-refractivity contribution is 6.32. The van der Waals surface area contributed by atoms with Crippen molar-refractivity contribution in [2.45, 2.75) is 20.3 Å². The number of aryl methyl sites for hydroxylation is 2. The zero-order valence-electron chi connectivity index (χ0n) is 9.90. The fourth-order valence-corrected chi connectivity index (χ4v) is 1.73. The SMILES string of the molecule is CCc1ccc(Oc2ccc(C)nc2)c(Cl)c1. The largest absolute Gasteiger partial charge is 0.454 e. The average Bonchev–Trinajstić information content (AvgIpc) is 2.34. The second kappa shape index (κ2) is 5.19. The molecule has 0 amide bonds. The van der Waals surface area contributed by atoms with Crippen molar-refractivity contribution in [3.8, 4) is 11.5 Å². The smallest absolute Gasteiger partial charge is 0.146 e. The van der Waals surface area contributed by atoms with Crippen LogP contribution in [0.25, 0.3) is 0 Å². The highest BCUT2D eigenvalue weighted by Crippen LogP contribution is 2.29. The van der Waals surface area contributed by atoms with Crippen molar-refractivity contribution in [3.05, 3.63) is 52.8 Å². The van der Waals surface area contributed by atoms with Gasteiger partial charge >= 0.3 is 0 Å². The third kappa shape index (κ3) is 2.98. The van der Waals surface area contributed by atoms with Gasteiger partial charge in [0.05, 0.1) is 11.2 Å². The molecule has 2 nitrogen and oxygen atoms in total. The van der Waals surface area contributed by atoms with Crippen LogP contribution in [0.4, 0.5) is 0 Å². The summed E-state index contributed by atoms with van der Waals surface area (Å²) >= 11 is 6.14. The Morgan fingerprint density at radius 3 is 2.65 bits per heavy atom. The van der Waals surface area contributed by atoms with Gasteiger partial charge in [-0.25, -0.2) is 0 Å². The number of ether oxygens (including phenoxy) is 1. The molecule has 17 heavy (non-hydrogen) atoms. The summed E-state index contributed by atoms with van der Waals surface area (Å²) in [4.78, 5) is 4.17. The Labute approximate surface area is 106 Å². The normalized spacial score (nSPS) is 10.3. The maximum absolute atomic E-state index is 6.14. The van der Waals surface area contributed by atoms with Gasteiger partial charge in [-0.15, -0.1) is 0 Å². The summed E-state index contributed by atoms with van der Waals surface area (Å²) in [6.45, 7) is 4.03. The lowest BCUT2D eigenvalue weighted by Crippen LogP contribution is -1.89. The Hall–Kier alpha value is -1.54. The predicted octanol–water partition coefficient (Wildman–Crippen LogP) is 4.40. The first kappa shape index (κ1) is 11.9. The Balaban J connectivity index is 2.21. The third-order valence-electron chi connectivity index (χ3n) is 2.52. The number of rotatable bonds is 3. The van der Waals surface area contributed by atoms with Gasteiger partial charge in [0.1, 0.15) is 11.5 Å². The molecule has 0 saturated carbocycles. The Bertz CT molecular complexity index is 508. The third-order valence-corrected chi connectivity index (χ3v) is 2.81. The number of benzene rings is 1. The van der Waals surface area contributed by atoms with Crippen molar-refractivity contribution in [1.29, 1.82) is 0 Å². The van der Waals surface area contributed by atoms with Crippen molar-refractivity contribution in [2.24, 2.45) is 0 Å². The van der Waals surface area contributed by atoms with Gasteiger partial charge in [-0.3, -0.25) is 4.98 Å². The molecule has 0 saturated heterocycles. The van der Waals surface area contributed by atoms with Gasteiger partial charge in [0.2, 0.25) is 0 Å². The second-order valence-corrected chi connectivity index (χ2v) is 4.26. The number of halogens is 1. The lowest BCUT2D eigenvalue weighted by molar-refractivity contribution is 0.480. The minimum Gasteiger partial charge on any atom is -0.454 e. The van der Waals surface area contributed by atoms with Gasteiger partial charge in [0.25, 0.3) is 0 Å². The van der Waals surface area contributed by atoms with Crippen LogP contribution in [0.1, 0.15) is 18.2 Å². The van der Waals surface area contributed by atoms with E-state index in [0.29, 0.717) is 16.5 Å². The van der Waals surface area contributed by atoms with Gasteiger partial charge in [-0.1, -0.05) is 24.6 Å². The molecule has 0 aliphatic rings. The molecule has 0 atom stereocenters. The van der Waals surface area contributed by atoms with Crippen LogP contribution in [0.5, 0.6) is 11.5 Å². The molecule has 0 radical (unpaired) electrons. The Kier molecular flexibility index (Phi) is 3.64. The van der Waals surface area contributed by atoms with Crippen molar-refractivity contribution in [3.63, 3.8) is 0 Å². The first-order valence-corrected chi connectivity index (χ1v) is 5.96. The van der Waals surface area contributed by atoms with E-state index in [4.69, 9.17) is 16.3 Å². The maximum Gasteiger partial charge on any atom is 0.146 e.